The lowest BCUT2D eigenvalue weighted by Gasteiger charge is -2.75. The molecule has 5 aliphatic carbocycles. The van der Waals surface area contributed by atoms with Crippen LogP contribution in [-0.2, 0) is 23.0 Å². The number of aliphatic hydroxyl groups is 1. The number of nitrogens with zero attached hydrogens (tertiary/aromatic N) is 1. The lowest BCUT2D eigenvalue weighted by Crippen LogP contribution is -2.82. The van der Waals surface area contributed by atoms with E-state index < -0.39 is 11.2 Å². The van der Waals surface area contributed by atoms with Gasteiger partial charge >= 0.3 is 0 Å². The van der Waals surface area contributed by atoms with Crippen molar-refractivity contribution in [2.75, 3.05) is 27.3 Å². The second-order valence-corrected chi connectivity index (χ2v) is 13.9. The molecule has 5 nitrogen and oxygen atoms in total. The van der Waals surface area contributed by atoms with Gasteiger partial charge in [-0.25, -0.2) is 0 Å². The van der Waals surface area contributed by atoms with Crippen LogP contribution in [0, 0.1) is 17.3 Å². The van der Waals surface area contributed by atoms with Gasteiger partial charge in [0.25, 0.3) is 0 Å². The monoisotopic (exact) mass is 529 g/mol. The lowest BCUT2D eigenvalue weighted by atomic mass is 9.33. The van der Waals surface area contributed by atoms with E-state index in [4.69, 9.17) is 14.2 Å². The van der Waals surface area contributed by atoms with Crippen LogP contribution in [0.1, 0.15) is 68.6 Å². The zero-order valence-corrected chi connectivity index (χ0v) is 23.7. The molecule has 0 radical (unpaired) electrons. The zero-order chi connectivity index (χ0) is 26.6. The Hall–Kier alpha value is -2.08. The van der Waals surface area contributed by atoms with E-state index >= 15 is 0 Å². The van der Waals surface area contributed by atoms with Crippen LogP contribution in [-0.4, -0.2) is 60.7 Å². The average molecular weight is 530 g/mol. The average Bonchev–Trinajstić information content (AvgIpc) is 3.70. The van der Waals surface area contributed by atoms with Crippen molar-refractivity contribution in [3.8, 4) is 11.5 Å². The lowest BCUT2D eigenvalue weighted by molar-refractivity contribution is -0.302. The molecular weight excluding hydrogens is 486 g/mol. The van der Waals surface area contributed by atoms with E-state index in [0.29, 0.717) is 6.04 Å². The van der Waals surface area contributed by atoms with Gasteiger partial charge < -0.3 is 19.3 Å². The van der Waals surface area contributed by atoms with Crippen LogP contribution < -0.4 is 9.47 Å². The first kappa shape index (κ1) is 24.7. The van der Waals surface area contributed by atoms with Crippen molar-refractivity contribution < 1.29 is 19.3 Å². The second kappa shape index (κ2) is 8.24. The molecule has 39 heavy (non-hydrogen) atoms. The predicted molar refractivity (Wildman–Crippen MR) is 150 cm³/mol. The van der Waals surface area contributed by atoms with Gasteiger partial charge in [-0.3, -0.25) is 4.90 Å². The van der Waals surface area contributed by atoms with Crippen LogP contribution in [0.25, 0.3) is 0 Å². The summed E-state index contributed by atoms with van der Waals surface area (Å²) in [6.07, 6.45) is 9.54. The van der Waals surface area contributed by atoms with Crippen molar-refractivity contribution in [2.24, 2.45) is 17.3 Å². The molecule has 5 fully saturated rings. The van der Waals surface area contributed by atoms with Gasteiger partial charge in [-0.2, -0.15) is 0 Å². The third kappa shape index (κ3) is 3.08. The molecule has 9 rings (SSSR count). The van der Waals surface area contributed by atoms with E-state index in [9.17, 15) is 5.11 Å². The summed E-state index contributed by atoms with van der Waals surface area (Å²) in [4.78, 5) is 2.87. The zero-order valence-electron chi connectivity index (χ0n) is 23.7. The van der Waals surface area contributed by atoms with Gasteiger partial charge in [-0.1, -0.05) is 36.4 Å². The minimum Gasteiger partial charge on any atom is -0.493 e. The predicted octanol–water partition coefficient (Wildman–Crippen LogP) is 5.30. The Morgan fingerprint density at radius 1 is 1.08 bits per heavy atom. The highest BCUT2D eigenvalue weighted by Gasteiger charge is 2.81. The number of benzene rings is 2. The third-order valence-electron chi connectivity index (χ3n) is 12.4. The molecule has 2 aromatic rings. The van der Waals surface area contributed by atoms with Gasteiger partial charge in [0.1, 0.15) is 11.7 Å². The normalized spacial score (nSPS) is 39.1. The molecule has 208 valence electrons. The molecule has 0 unspecified atom stereocenters. The van der Waals surface area contributed by atoms with E-state index in [-0.39, 0.29) is 22.9 Å². The smallest absolute Gasteiger partial charge is 0.165 e. The topological polar surface area (TPSA) is 51.2 Å². The summed E-state index contributed by atoms with van der Waals surface area (Å²) in [7, 11) is 3.64. The van der Waals surface area contributed by atoms with Crippen molar-refractivity contribution in [2.45, 2.75) is 93.5 Å². The van der Waals surface area contributed by atoms with E-state index in [1.165, 1.54) is 36.1 Å². The molecule has 2 heterocycles. The fourth-order valence-electron chi connectivity index (χ4n) is 10.5. The van der Waals surface area contributed by atoms with E-state index in [0.717, 1.165) is 68.9 Å². The van der Waals surface area contributed by atoms with Crippen molar-refractivity contribution in [3.63, 3.8) is 0 Å². The molecule has 7 atom stereocenters. The highest BCUT2D eigenvalue weighted by Crippen LogP contribution is 2.77. The fraction of sp³-hybridized carbons (Fsp3) is 0.647. The summed E-state index contributed by atoms with van der Waals surface area (Å²) in [5.41, 5.74) is 2.78. The van der Waals surface area contributed by atoms with Crippen molar-refractivity contribution >= 4 is 0 Å². The van der Waals surface area contributed by atoms with E-state index in [2.05, 4.69) is 54.3 Å². The summed E-state index contributed by atoms with van der Waals surface area (Å²) < 4.78 is 19.8. The van der Waals surface area contributed by atoms with Gasteiger partial charge in [0.05, 0.1) is 12.7 Å². The number of rotatable bonds is 8. The van der Waals surface area contributed by atoms with Gasteiger partial charge in [0.15, 0.2) is 11.5 Å². The van der Waals surface area contributed by atoms with Crippen LogP contribution in [0.3, 0.4) is 0 Å². The molecule has 4 bridgehead atoms. The summed E-state index contributed by atoms with van der Waals surface area (Å²) >= 11 is 0. The number of hydrogen-bond acceptors (Lipinski definition) is 5. The molecule has 2 aromatic carbocycles. The summed E-state index contributed by atoms with van der Waals surface area (Å²) in [6.45, 7) is 4.45. The second-order valence-electron chi connectivity index (χ2n) is 13.9. The SMILES string of the molecule is COc1ccc2c3c1O[C@H]1[C@@]4(OC)CC[C@@]5(C[C@@H]4[C@](C)(O)CCc4ccccc4)[C@@H](C2)N(CC2CC2)CC[C@]315. The standard InChI is InChI=1S/C34H43NO4/c1-31(36,14-13-22-7-5-4-6-8-22)26-20-32-15-16-34(26,38-3)30-33(32)17-18-35(21-23-9-10-23)27(32)19-24-11-12-25(37-2)29(39-30)28(24)33/h4-8,11-12,23,26-27,30,36H,9-10,13-21H2,1-3H3/t26-,27-,30-,31-,32-,33+,34-/m1/s1. The van der Waals surface area contributed by atoms with Crippen molar-refractivity contribution in [1.82, 2.24) is 4.90 Å². The summed E-state index contributed by atoms with van der Waals surface area (Å²) in [5.74, 6) is 2.70. The Bertz CT molecular complexity index is 1290. The highest BCUT2D eigenvalue weighted by molar-refractivity contribution is 5.63. The number of methoxy groups -OCH3 is 2. The molecule has 1 saturated heterocycles. The molecule has 0 amide bonds. The highest BCUT2D eigenvalue weighted by atomic mass is 16.6. The first-order valence-electron chi connectivity index (χ1n) is 15.3. The number of hydrogen-bond donors (Lipinski definition) is 1. The number of fused-ring (bicyclic) bond motifs is 2. The van der Waals surface area contributed by atoms with Crippen molar-refractivity contribution in [1.29, 1.82) is 0 Å². The van der Waals surface area contributed by atoms with Crippen LogP contribution in [0.2, 0.25) is 0 Å². The molecule has 7 aliphatic rings. The Morgan fingerprint density at radius 3 is 2.64 bits per heavy atom. The Morgan fingerprint density at radius 2 is 1.90 bits per heavy atom. The van der Waals surface area contributed by atoms with E-state index in [1.54, 1.807) is 7.11 Å². The minimum atomic E-state index is -0.862. The van der Waals surface area contributed by atoms with Crippen LogP contribution in [0.4, 0.5) is 0 Å². The summed E-state index contributed by atoms with van der Waals surface area (Å²) in [6, 6.07) is 15.5. The first-order chi connectivity index (χ1) is 18.9. The minimum absolute atomic E-state index is 0.0100. The van der Waals surface area contributed by atoms with E-state index in [1.807, 2.05) is 7.11 Å². The Balaban J connectivity index is 1.26. The van der Waals surface area contributed by atoms with Gasteiger partial charge in [0.2, 0.25) is 0 Å². The number of likely N-dealkylation sites (tertiary alicyclic amines) is 1. The van der Waals surface area contributed by atoms with Gasteiger partial charge in [-0.15, -0.1) is 0 Å². The number of ether oxygens (including phenoxy) is 3. The molecule has 2 aliphatic heterocycles. The molecule has 4 saturated carbocycles. The van der Waals surface area contributed by atoms with Crippen LogP contribution >= 0.6 is 0 Å². The first-order valence-corrected chi connectivity index (χ1v) is 15.3. The quantitative estimate of drug-likeness (QED) is 0.503. The molecular formula is C34H43NO4. The maximum absolute atomic E-state index is 12.4. The maximum atomic E-state index is 12.4. The molecule has 1 N–H and O–H groups in total. The number of piperidine rings is 1. The Kier molecular flexibility index (Phi) is 5.22. The van der Waals surface area contributed by atoms with Crippen LogP contribution in [0.5, 0.6) is 11.5 Å². The van der Waals surface area contributed by atoms with Gasteiger partial charge in [-0.05, 0) is 94.4 Å². The largest absolute Gasteiger partial charge is 0.493 e. The van der Waals surface area contributed by atoms with Gasteiger partial charge in [0, 0.05) is 42.0 Å². The maximum Gasteiger partial charge on any atom is 0.165 e. The Labute approximate surface area is 232 Å². The van der Waals surface area contributed by atoms with Crippen LogP contribution in [0.15, 0.2) is 42.5 Å². The van der Waals surface area contributed by atoms with Crippen molar-refractivity contribution in [3.05, 3.63) is 59.2 Å². The molecule has 0 aromatic heterocycles. The fourth-order valence-corrected chi connectivity index (χ4v) is 10.5. The molecule has 5 heteroatoms. The molecule has 2 spiro atoms. The number of aryl methyl sites for hydroxylation is 1. The summed E-state index contributed by atoms with van der Waals surface area (Å²) in [5, 5.41) is 12.4. The third-order valence-corrected chi connectivity index (χ3v) is 12.4.